The van der Waals surface area contributed by atoms with E-state index < -0.39 is 6.04 Å². The number of amides is 1. The van der Waals surface area contributed by atoms with Gasteiger partial charge in [-0.15, -0.1) is 0 Å². The molecule has 1 aromatic carbocycles. The van der Waals surface area contributed by atoms with E-state index >= 15 is 0 Å². The van der Waals surface area contributed by atoms with E-state index in [1.54, 1.807) is 7.11 Å². The predicted molar refractivity (Wildman–Crippen MR) is 77.0 cm³/mol. The molecule has 0 fully saturated rings. The van der Waals surface area contributed by atoms with Crippen LogP contribution in [0.15, 0.2) is 24.3 Å². The quantitative estimate of drug-likeness (QED) is 0.828. The molecule has 0 radical (unpaired) electrons. The van der Waals surface area contributed by atoms with E-state index in [9.17, 15) is 4.79 Å². The molecular formula is C15H24N2O2. The van der Waals surface area contributed by atoms with Crippen LogP contribution in [0.5, 0.6) is 5.75 Å². The monoisotopic (exact) mass is 264 g/mol. The first-order valence-electron chi connectivity index (χ1n) is 6.69. The van der Waals surface area contributed by atoms with Gasteiger partial charge in [-0.2, -0.15) is 0 Å². The van der Waals surface area contributed by atoms with Crippen molar-refractivity contribution in [3.63, 3.8) is 0 Å². The average molecular weight is 264 g/mol. The Kier molecular flexibility index (Phi) is 5.83. The van der Waals surface area contributed by atoms with Crippen molar-refractivity contribution in [3.8, 4) is 5.75 Å². The number of methoxy groups -OCH3 is 1. The average Bonchev–Trinajstić information content (AvgIpc) is 2.43. The molecule has 2 atom stereocenters. The lowest BCUT2D eigenvalue weighted by atomic mass is 10.0. The van der Waals surface area contributed by atoms with Gasteiger partial charge in [-0.05, 0) is 30.0 Å². The van der Waals surface area contributed by atoms with Gasteiger partial charge >= 0.3 is 0 Å². The van der Waals surface area contributed by atoms with E-state index in [-0.39, 0.29) is 17.9 Å². The van der Waals surface area contributed by atoms with E-state index in [0.29, 0.717) is 0 Å². The van der Waals surface area contributed by atoms with E-state index in [1.807, 2.05) is 45.0 Å². The van der Waals surface area contributed by atoms with Crippen molar-refractivity contribution in [3.05, 3.63) is 29.8 Å². The van der Waals surface area contributed by atoms with Gasteiger partial charge in [0.2, 0.25) is 5.91 Å². The van der Waals surface area contributed by atoms with Crippen LogP contribution in [0.4, 0.5) is 0 Å². The third-order valence-corrected chi connectivity index (χ3v) is 3.26. The van der Waals surface area contributed by atoms with Crippen molar-refractivity contribution >= 4 is 5.91 Å². The Morgan fingerprint density at radius 3 is 2.32 bits per heavy atom. The standard InChI is InChI=1S/C15H24N2O2/c1-5-13(17-15(18)14(16)10(2)3)11-6-8-12(19-4)9-7-11/h6-10,13-14H,5,16H2,1-4H3,(H,17,18). The summed E-state index contributed by atoms with van der Waals surface area (Å²) in [6.45, 7) is 5.92. The number of nitrogens with one attached hydrogen (secondary N) is 1. The zero-order valence-electron chi connectivity index (χ0n) is 12.1. The van der Waals surface area contributed by atoms with E-state index in [0.717, 1.165) is 17.7 Å². The van der Waals surface area contributed by atoms with Crippen LogP contribution in [0.1, 0.15) is 38.8 Å². The molecule has 0 saturated heterocycles. The number of ether oxygens (including phenoxy) is 1. The Morgan fingerprint density at radius 1 is 1.32 bits per heavy atom. The maximum Gasteiger partial charge on any atom is 0.237 e. The highest BCUT2D eigenvalue weighted by atomic mass is 16.5. The molecule has 0 heterocycles. The summed E-state index contributed by atoms with van der Waals surface area (Å²) in [7, 11) is 1.63. The van der Waals surface area contributed by atoms with Crippen molar-refractivity contribution in [1.82, 2.24) is 5.32 Å². The van der Waals surface area contributed by atoms with Gasteiger partial charge < -0.3 is 15.8 Å². The largest absolute Gasteiger partial charge is 0.497 e. The molecule has 1 rings (SSSR count). The van der Waals surface area contributed by atoms with Gasteiger partial charge in [-0.3, -0.25) is 4.79 Å². The smallest absolute Gasteiger partial charge is 0.237 e. The number of benzene rings is 1. The number of hydrogen-bond donors (Lipinski definition) is 2. The summed E-state index contributed by atoms with van der Waals surface area (Å²) in [5.41, 5.74) is 6.92. The summed E-state index contributed by atoms with van der Waals surface area (Å²) in [6.07, 6.45) is 0.822. The molecule has 1 amide bonds. The molecule has 2 unspecified atom stereocenters. The van der Waals surface area contributed by atoms with Crippen molar-refractivity contribution < 1.29 is 9.53 Å². The fraction of sp³-hybridized carbons (Fsp3) is 0.533. The molecule has 0 spiro atoms. The van der Waals surface area contributed by atoms with E-state index in [1.165, 1.54) is 0 Å². The molecule has 4 nitrogen and oxygen atoms in total. The number of nitrogens with two attached hydrogens (primary N) is 1. The first-order chi connectivity index (χ1) is 8.99. The number of carbonyl (C=O) groups is 1. The Labute approximate surface area is 115 Å². The predicted octanol–water partition coefficient (Wildman–Crippen LogP) is 2.25. The summed E-state index contributed by atoms with van der Waals surface area (Å²) < 4.78 is 5.13. The van der Waals surface area contributed by atoms with Crippen molar-refractivity contribution in [2.45, 2.75) is 39.3 Å². The molecule has 1 aromatic rings. The van der Waals surface area contributed by atoms with Crippen molar-refractivity contribution in [1.29, 1.82) is 0 Å². The van der Waals surface area contributed by atoms with Gasteiger partial charge in [0.05, 0.1) is 19.2 Å². The second-order valence-electron chi connectivity index (χ2n) is 5.01. The minimum atomic E-state index is -0.465. The van der Waals surface area contributed by atoms with Gasteiger partial charge in [0, 0.05) is 0 Å². The minimum absolute atomic E-state index is 0.0109. The SMILES string of the molecule is CCC(NC(=O)C(N)C(C)C)c1ccc(OC)cc1. The van der Waals surface area contributed by atoms with Gasteiger partial charge in [0.15, 0.2) is 0 Å². The zero-order valence-corrected chi connectivity index (χ0v) is 12.1. The molecule has 0 aromatic heterocycles. The van der Waals surface area contributed by atoms with Crippen LogP contribution in [0, 0.1) is 5.92 Å². The fourth-order valence-corrected chi connectivity index (χ4v) is 1.83. The van der Waals surface area contributed by atoms with Crippen LogP contribution in [-0.4, -0.2) is 19.1 Å². The second kappa shape index (κ2) is 7.14. The molecule has 0 aliphatic heterocycles. The fourth-order valence-electron chi connectivity index (χ4n) is 1.83. The zero-order chi connectivity index (χ0) is 14.4. The van der Waals surface area contributed by atoms with Gasteiger partial charge in [0.1, 0.15) is 5.75 Å². The van der Waals surface area contributed by atoms with E-state index in [4.69, 9.17) is 10.5 Å². The van der Waals surface area contributed by atoms with Gasteiger partial charge in [-0.25, -0.2) is 0 Å². The van der Waals surface area contributed by atoms with E-state index in [2.05, 4.69) is 5.32 Å². The first-order valence-corrected chi connectivity index (χ1v) is 6.69. The Balaban J connectivity index is 2.74. The molecular weight excluding hydrogens is 240 g/mol. The van der Waals surface area contributed by atoms with Crippen LogP contribution in [-0.2, 0) is 4.79 Å². The van der Waals surface area contributed by atoms with Crippen LogP contribution in [0.3, 0.4) is 0 Å². The summed E-state index contributed by atoms with van der Waals surface area (Å²) in [4.78, 5) is 12.0. The lowest BCUT2D eigenvalue weighted by Crippen LogP contribution is -2.45. The normalized spacial score (nSPS) is 14.0. The minimum Gasteiger partial charge on any atom is -0.497 e. The number of hydrogen-bond acceptors (Lipinski definition) is 3. The van der Waals surface area contributed by atoms with Crippen molar-refractivity contribution in [2.75, 3.05) is 7.11 Å². The summed E-state index contributed by atoms with van der Waals surface area (Å²) in [6, 6.07) is 7.25. The number of carbonyl (C=O) groups excluding carboxylic acids is 1. The summed E-state index contributed by atoms with van der Waals surface area (Å²) >= 11 is 0. The van der Waals surface area contributed by atoms with Crippen molar-refractivity contribution in [2.24, 2.45) is 11.7 Å². The molecule has 19 heavy (non-hydrogen) atoms. The maximum atomic E-state index is 12.0. The third kappa shape index (κ3) is 4.24. The second-order valence-corrected chi connectivity index (χ2v) is 5.01. The van der Waals surface area contributed by atoms with Gasteiger partial charge in [-0.1, -0.05) is 32.9 Å². The topological polar surface area (TPSA) is 64.4 Å². The molecule has 0 aliphatic carbocycles. The molecule has 0 bridgehead atoms. The molecule has 0 aliphatic rings. The first kappa shape index (κ1) is 15.5. The lowest BCUT2D eigenvalue weighted by Gasteiger charge is -2.22. The Bertz CT molecular complexity index is 401. The molecule has 106 valence electrons. The van der Waals surface area contributed by atoms with Crippen LogP contribution in [0.2, 0.25) is 0 Å². The van der Waals surface area contributed by atoms with Gasteiger partial charge in [0.25, 0.3) is 0 Å². The molecule has 3 N–H and O–H groups in total. The number of rotatable bonds is 6. The van der Waals surface area contributed by atoms with Crippen LogP contribution < -0.4 is 15.8 Å². The highest BCUT2D eigenvalue weighted by molar-refractivity contribution is 5.82. The molecule has 0 saturated carbocycles. The Hall–Kier alpha value is -1.55. The van der Waals surface area contributed by atoms with Crippen LogP contribution >= 0.6 is 0 Å². The maximum absolute atomic E-state index is 12.0. The summed E-state index contributed by atoms with van der Waals surface area (Å²) in [5.74, 6) is 0.842. The summed E-state index contributed by atoms with van der Waals surface area (Å²) in [5, 5.41) is 3.00. The Morgan fingerprint density at radius 2 is 1.89 bits per heavy atom. The highest BCUT2D eigenvalue weighted by Gasteiger charge is 2.20. The van der Waals surface area contributed by atoms with Crippen LogP contribution in [0.25, 0.3) is 0 Å². The third-order valence-electron chi connectivity index (χ3n) is 3.26. The highest BCUT2D eigenvalue weighted by Crippen LogP contribution is 2.20. The lowest BCUT2D eigenvalue weighted by molar-refractivity contribution is -0.124. The molecule has 4 heteroatoms.